The predicted octanol–water partition coefficient (Wildman–Crippen LogP) is 2.52. The first-order chi connectivity index (χ1) is 8.27. The first-order valence-corrected chi connectivity index (χ1v) is 7.47. The number of nitrogens with one attached hydrogen (secondary N) is 1. The molecule has 3 rings (SSSR count). The summed E-state index contributed by atoms with van der Waals surface area (Å²) >= 11 is 1.81. The molecule has 0 bridgehead atoms. The van der Waals surface area contributed by atoms with Crippen molar-refractivity contribution in [2.24, 2.45) is 5.41 Å². The SMILES string of the molecule is Cc1ncsc1CCN1CCC2(CCNC2)C1.Cl.Cl. The molecule has 0 amide bonds. The summed E-state index contributed by atoms with van der Waals surface area (Å²) in [5, 5.41) is 3.52. The Morgan fingerprint density at radius 2 is 2.26 bits per heavy atom. The van der Waals surface area contributed by atoms with Crippen LogP contribution in [0.25, 0.3) is 0 Å². The van der Waals surface area contributed by atoms with Gasteiger partial charge in [-0.25, -0.2) is 4.98 Å². The van der Waals surface area contributed by atoms with Crippen molar-refractivity contribution in [1.82, 2.24) is 15.2 Å². The van der Waals surface area contributed by atoms with Crippen molar-refractivity contribution >= 4 is 36.2 Å². The third kappa shape index (κ3) is 3.82. The highest BCUT2D eigenvalue weighted by molar-refractivity contribution is 7.09. The van der Waals surface area contributed by atoms with Crippen LogP contribution >= 0.6 is 36.2 Å². The highest BCUT2D eigenvalue weighted by Gasteiger charge is 2.39. The summed E-state index contributed by atoms with van der Waals surface area (Å²) in [7, 11) is 0. The Hall–Kier alpha value is 0.130. The van der Waals surface area contributed by atoms with Crippen LogP contribution in [0.1, 0.15) is 23.4 Å². The molecule has 2 saturated heterocycles. The Balaban J connectivity index is 0.000000902. The first kappa shape index (κ1) is 17.2. The van der Waals surface area contributed by atoms with Crippen molar-refractivity contribution < 1.29 is 0 Å². The molecular weight excluding hydrogens is 301 g/mol. The number of thiazole rings is 1. The van der Waals surface area contributed by atoms with Gasteiger partial charge in [0.15, 0.2) is 0 Å². The van der Waals surface area contributed by atoms with Crippen LogP contribution in [0, 0.1) is 12.3 Å². The molecule has 1 N–H and O–H groups in total. The third-order valence-electron chi connectivity index (χ3n) is 4.35. The van der Waals surface area contributed by atoms with Gasteiger partial charge in [-0.1, -0.05) is 0 Å². The van der Waals surface area contributed by atoms with E-state index in [4.69, 9.17) is 0 Å². The lowest BCUT2D eigenvalue weighted by Gasteiger charge is -2.22. The molecule has 1 atom stereocenters. The number of halogens is 2. The second-order valence-electron chi connectivity index (χ2n) is 5.56. The van der Waals surface area contributed by atoms with Gasteiger partial charge in [-0.05, 0) is 44.7 Å². The molecule has 1 aromatic rings. The second-order valence-corrected chi connectivity index (χ2v) is 6.50. The molecule has 3 nitrogen and oxygen atoms in total. The monoisotopic (exact) mass is 323 g/mol. The maximum absolute atomic E-state index is 4.32. The molecule has 19 heavy (non-hydrogen) atoms. The van der Waals surface area contributed by atoms with Crippen LogP contribution in [-0.2, 0) is 6.42 Å². The first-order valence-electron chi connectivity index (χ1n) is 6.60. The van der Waals surface area contributed by atoms with Crippen molar-refractivity contribution in [2.75, 3.05) is 32.7 Å². The zero-order valence-electron chi connectivity index (χ0n) is 11.4. The summed E-state index contributed by atoms with van der Waals surface area (Å²) in [4.78, 5) is 8.44. The predicted molar refractivity (Wildman–Crippen MR) is 86.0 cm³/mol. The third-order valence-corrected chi connectivity index (χ3v) is 5.34. The fourth-order valence-corrected chi connectivity index (χ4v) is 3.96. The summed E-state index contributed by atoms with van der Waals surface area (Å²) in [6.07, 6.45) is 3.95. The zero-order valence-corrected chi connectivity index (χ0v) is 13.8. The number of hydrogen-bond donors (Lipinski definition) is 1. The average Bonchev–Trinajstić information content (AvgIpc) is 3.01. The molecule has 1 aromatic heterocycles. The average molecular weight is 324 g/mol. The highest BCUT2D eigenvalue weighted by atomic mass is 35.5. The van der Waals surface area contributed by atoms with E-state index in [9.17, 15) is 0 Å². The van der Waals surface area contributed by atoms with Crippen LogP contribution in [0.2, 0.25) is 0 Å². The van der Waals surface area contributed by atoms with Crippen LogP contribution in [0.15, 0.2) is 5.51 Å². The van der Waals surface area contributed by atoms with E-state index in [0.717, 1.165) is 0 Å². The summed E-state index contributed by atoms with van der Waals surface area (Å²) in [5.74, 6) is 0. The molecule has 3 heterocycles. The number of nitrogens with zero attached hydrogens (tertiary/aromatic N) is 2. The van der Waals surface area contributed by atoms with Crippen LogP contribution in [-0.4, -0.2) is 42.6 Å². The van der Waals surface area contributed by atoms with Gasteiger partial charge in [0.2, 0.25) is 0 Å². The molecule has 0 aromatic carbocycles. The van der Waals surface area contributed by atoms with E-state index in [-0.39, 0.29) is 24.8 Å². The van der Waals surface area contributed by atoms with E-state index < -0.39 is 0 Å². The van der Waals surface area contributed by atoms with E-state index in [1.807, 2.05) is 5.51 Å². The molecule has 110 valence electrons. The fourth-order valence-electron chi connectivity index (χ4n) is 3.19. The Morgan fingerprint density at radius 3 is 2.89 bits per heavy atom. The lowest BCUT2D eigenvalue weighted by atomic mass is 9.87. The van der Waals surface area contributed by atoms with Crippen LogP contribution in [0.5, 0.6) is 0 Å². The minimum Gasteiger partial charge on any atom is -0.316 e. The van der Waals surface area contributed by atoms with Gasteiger partial charge in [0, 0.05) is 24.5 Å². The lowest BCUT2D eigenvalue weighted by molar-refractivity contribution is 0.277. The normalized spacial score (nSPS) is 26.4. The van der Waals surface area contributed by atoms with Gasteiger partial charge in [-0.2, -0.15) is 0 Å². The summed E-state index contributed by atoms with van der Waals surface area (Å²) < 4.78 is 0. The largest absolute Gasteiger partial charge is 0.316 e. The molecule has 2 aliphatic heterocycles. The molecule has 1 spiro atoms. The van der Waals surface area contributed by atoms with E-state index in [2.05, 4.69) is 22.1 Å². The fraction of sp³-hybridized carbons (Fsp3) is 0.769. The van der Waals surface area contributed by atoms with E-state index in [0.29, 0.717) is 5.41 Å². The Labute approximate surface area is 132 Å². The van der Waals surface area contributed by atoms with E-state index in [1.54, 1.807) is 11.3 Å². The molecule has 6 heteroatoms. The minimum absolute atomic E-state index is 0. The summed E-state index contributed by atoms with van der Waals surface area (Å²) in [6.45, 7) is 8.39. The number of aromatic nitrogens is 1. The van der Waals surface area contributed by atoms with Gasteiger partial charge in [-0.3, -0.25) is 0 Å². The quantitative estimate of drug-likeness (QED) is 0.926. The van der Waals surface area contributed by atoms with Gasteiger partial charge in [0.25, 0.3) is 0 Å². The summed E-state index contributed by atoms with van der Waals surface area (Å²) in [6, 6.07) is 0. The van der Waals surface area contributed by atoms with Gasteiger partial charge in [0.1, 0.15) is 0 Å². The van der Waals surface area contributed by atoms with Gasteiger partial charge < -0.3 is 10.2 Å². The number of likely N-dealkylation sites (tertiary alicyclic amines) is 1. The molecule has 0 aliphatic carbocycles. The van der Waals surface area contributed by atoms with Crippen molar-refractivity contribution in [3.63, 3.8) is 0 Å². The van der Waals surface area contributed by atoms with Gasteiger partial charge >= 0.3 is 0 Å². The van der Waals surface area contributed by atoms with Crippen molar-refractivity contribution in [2.45, 2.75) is 26.2 Å². The van der Waals surface area contributed by atoms with Crippen LogP contribution < -0.4 is 5.32 Å². The number of hydrogen-bond acceptors (Lipinski definition) is 4. The number of rotatable bonds is 3. The topological polar surface area (TPSA) is 28.2 Å². The maximum atomic E-state index is 4.32. The Kier molecular flexibility index (Phi) is 6.54. The molecule has 2 fully saturated rings. The van der Waals surface area contributed by atoms with Crippen molar-refractivity contribution in [3.05, 3.63) is 16.1 Å². The summed E-state index contributed by atoms with van der Waals surface area (Å²) in [5.41, 5.74) is 3.81. The molecule has 0 radical (unpaired) electrons. The van der Waals surface area contributed by atoms with Crippen LogP contribution in [0.4, 0.5) is 0 Å². The van der Waals surface area contributed by atoms with Crippen LogP contribution in [0.3, 0.4) is 0 Å². The smallest absolute Gasteiger partial charge is 0.0797 e. The Bertz CT molecular complexity index is 391. The molecule has 1 unspecified atom stereocenters. The molecule has 2 aliphatic rings. The van der Waals surface area contributed by atoms with Crippen molar-refractivity contribution in [1.29, 1.82) is 0 Å². The molecule has 0 saturated carbocycles. The second kappa shape index (κ2) is 7.23. The van der Waals surface area contributed by atoms with Gasteiger partial charge in [-0.15, -0.1) is 36.2 Å². The minimum atomic E-state index is 0. The lowest BCUT2D eigenvalue weighted by Crippen LogP contribution is -2.30. The van der Waals surface area contributed by atoms with Gasteiger partial charge in [0.05, 0.1) is 11.2 Å². The van der Waals surface area contributed by atoms with E-state index in [1.165, 1.54) is 62.6 Å². The highest BCUT2D eigenvalue weighted by Crippen LogP contribution is 2.35. The Morgan fingerprint density at radius 1 is 1.42 bits per heavy atom. The standard InChI is InChI=1S/C13H21N3S.2ClH/c1-11-12(17-10-15-11)2-6-16-7-4-13(9-16)3-5-14-8-13;;/h10,14H,2-9H2,1H3;2*1H. The van der Waals surface area contributed by atoms with E-state index >= 15 is 0 Å². The maximum Gasteiger partial charge on any atom is 0.0797 e. The molecular formula is C13H23Cl2N3S. The number of aryl methyl sites for hydroxylation is 1. The van der Waals surface area contributed by atoms with Crippen molar-refractivity contribution in [3.8, 4) is 0 Å². The zero-order chi connectivity index (χ0) is 11.7.